The first kappa shape index (κ1) is 20.8. The van der Waals surface area contributed by atoms with Gasteiger partial charge in [0.05, 0.1) is 25.4 Å². The summed E-state index contributed by atoms with van der Waals surface area (Å²) < 4.78 is 49.6. The van der Waals surface area contributed by atoms with Crippen molar-refractivity contribution in [1.29, 1.82) is 0 Å². The van der Waals surface area contributed by atoms with Gasteiger partial charge in [0.2, 0.25) is 0 Å². The third-order valence-corrected chi connectivity index (χ3v) is 4.78. The van der Waals surface area contributed by atoms with Crippen LogP contribution < -0.4 is 9.47 Å². The monoisotopic (exact) mass is 406 g/mol. The molecule has 0 aliphatic carbocycles. The maximum atomic E-state index is 13.0. The molecule has 0 unspecified atom stereocenters. The zero-order chi connectivity index (χ0) is 21.6. The van der Waals surface area contributed by atoms with E-state index >= 15 is 0 Å². The average Bonchev–Trinajstić information content (AvgIpc) is 2.65. The molecule has 3 aromatic rings. The van der Waals surface area contributed by atoms with Crippen LogP contribution in [0.1, 0.15) is 25.0 Å². The second-order valence-electron chi connectivity index (χ2n) is 7.21. The standard InChI is InChI=1S/C22H21F3O4/c1-21(2,27)16-11-17(26)14-9-18(28-3)19(29-4)10-15(14)20(16)12-5-7-13(8-6-12)22(23,24)25/h5-11,26-27H,1-4H3. The van der Waals surface area contributed by atoms with Crippen LogP contribution in [0, 0.1) is 0 Å². The highest BCUT2D eigenvalue weighted by molar-refractivity contribution is 6.03. The van der Waals surface area contributed by atoms with Crippen LogP contribution in [0.3, 0.4) is 0 Å². The molecule has 0 aliphatic rings. The predicted octanol–water partition coefficient (Wildman–Crippen LogP) is 5.48. The van der Waals surface area contributed by atoms with Gasteiger partial charge in [0, 0.05) is 5.39 Å². The van der Waals surface area contributed by atoms with Crippen LogP contribution in [0.25, 0.3) is 21.9 Å². The summed E-state index contributed by atoms with van der Waals surface area (Å²) >= 11 is 0. The summed E-state index contributed by atoms with van der Waals surface area (Å²) in [6.07, 6.45) is -4.45. The summed E-state index contributed by atoms with van der Waals surface area (Å²) in [5, 5.41) is 22.2. The first-order chi connectivity index (χ1) is 13.5. The van der Waals surface area contributed by atoms with E-state index in [1.165, 1.54) is 32.4 Å². The number of hydrogen-bond acceptors (Lipinski definition) is 4. The fourth-order valence-electron chi connectivity index (χ4n) is 3.35. The normalized spacial score (nSPS) is 12.3. The zero-order valence-corrected chi connectivity index (χ0v) is 16.4. The fourth-order valence-corrected chi connectivity index (χ4v) is 3.35. The van der Waals surface area contributed by atoms with Crippen LogP contribution in [0.5, 0.6) is 17.2 Å². The second kappa shape index (κ2) is 7.15. The lowest BCUT2D eigenvalue weighted by Crippen LogP contribution is -2.17. The van der Waals surface area contributed by atoms with Crippen molar-refractivity contribution in [1.82, 2.24) is 0 Å². The molecule has 0 aliphatic heterocycles. The molecule has 2 N–H and O–H groups in total. The molecule has 4 nitrogen and oxygen atoms in total. The van der Waals surface area contributed by atoms with Crippen molar-refractivity contribution in [3.63, 3.8) is 0 Å². The first-order valence-electron chi connectivity index (χ1n) is 8.79. The van der Waals surface area contributed by atoms with Gasteiger partial charge in [-0.1, -0.05) is 12.1 Å². The minimum atomic E-state index is -4.45. The number of ether oxygens (including phenoxy) is 2. The molecule has 0 fully saturated rings. The highest BCUT2D eigenvalue weighted by atomic mass is 19.4. The molecule has 3 rings (SSSR count). The number of hydrogen-bond donors (Lipinski definition) is 2. The minimum Gasteiger partial charge on any atom is -0.507 e. The molecule has 7 heteroatoms. The molecule has 0 saturated heterocycles. The number of halogens is 3. The van der Waals surface area contributed by atoms with E-state index in [-0.39, 0.29) is 5.75 Å². The number of alkyl halides is 3. The van der Waals surface area contributed by atoms with Crippen LogP contribution in [0.2, 0.25) is 0 Å². The van der Waals surface area contributed by atoms with Gasteiger partial charge in [0.25, 0.3) is 0 Å². The number of methoxy groups -OCH3 is 2. The molecule has 0 atom stereocenters. The zero-order valence-electron chi connectivity index (χ0n) is 16.4. The molecule has 0 heterocycles. The van der Waals surface area contributed by atoms with Crippen LogP contribution in [0.4, 0.5) is 13.2 Å². The van der Waals surface area contributed by atoms with Crippen LogP contribution in [-0.2, 0) is 11.8 Å². The Morgan fingerprint density at radius 2 is 1.34 bits per heavy atom. The van der Waals surface area contributed by atoms with Crippen LogP contribution in [-0.4, -0.2) is 24.4 Å². The Morgan fingerprint density at radius 1 is 0.828 bits per heavy atom. The lowest BCUT2D eigenvalue weighted by atomic mass is 9.85. The van der Waals surface area contributed by atoms with Crippen molar-refractivity contribution in [2.24, 2.45) is 0 Å². The van der Waals surface area contributed by atoms with Crippen molar-refractivity contribution < 1.29 is 32.9 Å². The maximum absolute atomic E-state index is 13.0. The summed E-state index contributed by atoms with van der Waals surface area (Å²) in [5.74, 6) is 0.693. The first-order valence-corrected chi connectivity index (χ1v) is 8.79. The molecular formula is C22H21F3O4. The topological polar surface area (TPSA) is 58.9 Å². The van der Waals surface area contributed by atoms with Gasteiger partial charge in [-0.3, -0.25) is 0 Å². The summed E-state index contributed by atoms with van der Waals surface area (Å²) in [4.78, 5) is 0. The van der Waals surface area contributed by atoms with Gasteiger partial charge in [0.1, 0.15) is 5.75 Å². The van der Waals surface area contributed by atoms with E-state index in [0.717, 1.165) is 12.1 Å². The van der Waals surface area contributed by atoms with Gasteiger partial charge in [-0.25, -0.2) is 0 Å². The number of rotatable bonds is 4. The molecule has 0 aromatic heterocycles. The van der Waals surface area contributed by atoms with Gasteiger partial charge >= 0.3 is 6.18 Å². The van der Waals surface area contributed by atoms with Gasteiger partial charge in [-0.05, 0) is 66.3 Å². The summed E-state index contributed by atoms with van der Waals surface area (Å²) in [7, 11) is 2.92. The van der Waals surface area contributed by atoms with E-state index in [1.54, 1.807) is 26.0 Å². The van der Waals surface area contributed by atoms with Crippen LogP contribution >= 0.6 is 0 Å². The Balaban J connectivity index is 2.40. The van der Waals surface area contributed by atoms with Crippen molar-refractivity contribution >= 4 is 10.8 Å². The summed E-state index contributed by atoms with van der Waals surface area (Å²) in [6.45, 7) is 3.09. The minimum absolute atomic E-state index is 0.0891. The Hall–Kier alpha value is -2.93. The van der Waals surface area contributed by atoms with E-state index < -0.39 is 17.3 Å². The molecule has 0 amide bonds. The van der Waals surface area contributed by atoms with Crippen molar-refractivity contribution in [2.75, 3.05) is 14.2 Å². The Morgan fingerprint density at radius 3 is 1.79 bits per heavy atom. The second-order valence-corrected chi connectivity index (χ2v) is 7.21. The molecule has 0 bridgehead atoms. The third kappa shape index (κ3) is 3.82. The van der Waals surface area contributed by atoms with E-state index in [0.29, 0.717) is 39.0 Å². The molecule has 0 spiro atoms. The Kier molecular flexibility index (Phi) is 5.13. The van der Waals surface area contributed by atoms with E-state index in [4.69, 9.17) is 9.47 Å². The van der Waals surface area contributed by atoms with Crippen LogP contribution in [0.15, 0.2) is 42.5 Å². The molecule has 0 saturated carbocycles. The van der Waals surface area contributed by atoms with Gasteiger partial charge in [0.15, 0.2) is 11.5 Å². The average molecular weight is 406 g/mol. The lowest BCUT2D eigenvalue weighted by molar-refractivity contribution is -0.137. The number of benzene rings is 3. The molecule has 29 heavy (non-hydrogen) atoms. The molecule has 3 aromatic carbocycles. The van der Waals surface area contributed by atoms with Gasteiger partial charge < -0.3 is 19.7 Å². The number of fused-ring (bicyclic) bond motifs is 1. The lowest BCUT2D eigenvalue weighted by Gasteiger charge is -2.25. The number of aliphatic hydroxyl groups is 1. The van der Waals surface area contributed by atoms with E-state index in [2.05, 4.69) is 0 Å². The number of phenols is 1. The van der Waals surface area contributed by atoms with Crippen molar-refractivity contribution in [3.05, 3.63) is 53.6 Å². The maximum Gasteiger partial charge on any atom is 0.416 e. The molecular weight excluding hydrogens is 385 g/mol. The summed E-state index contributed by atoms with van der Waals surface area (Å²) in [6, 6.07) is 9.32. The quantitative estimate of drug-likeness (QED) is 0.603. The number of aromatic hydroxyl groups is 1. The highest BCUT2D eigenvalue weighted by Gasteiger charge is 2.31. The van der Waals surface area contributed by atoms with Gasteiger partial charge in [-0.2, -0.15) is 13.2 Å². The highest BCUT2D eigenvalue weighted by Crippen LogP contribution is 2.45. The van der Waals surface area contributed by atoms with Crippen molar-refractivity contribution in [2.45, 2.75) is 25.6 Å². The summed E-state index contributed by atoms with van der Waals surface area (Å²) in [5.41, 5.74) is -0.799. The largest absolute Gasteiger partial charge is 0.507 e. The third-order valence-electron chi connectivity index (χ3n) is 4.78. The Bertz CT molecular complexity index is 1050. The van der Waals surface area contributed by atoms with Gasteiger partial charge in [-0.15, -0.1) is 0 Å². The predicted molar refractivity (Wildman–Crippen MR) is 104 cm³/mol. The van der Waals surface area contributed by atoms with E-state index in [1.807, 2.05) is 0 Å². The molecule has 154 valence electrons. The number of phenolic OH excluding ortho intramolecular Hbond substituents is 1. The molecule has 0 radical (unpaired) electrons. The fraction of sp³-hybridized carbons (Fsp3) is 0.273. The smallest absolute Gasteiger partial charge is 0.416 e. The Labute approximate surface area is 166 Å². The SMILES string of the molecule is COc1cc2c(O)cc(C(C)(C)O)c(-c3ccc(C(F)(F)F)cc3)c2cc1OC. The van der Waals surface area contributed by atoms with E-state index in [9.17, 15) is 23.4 Å². The van der Waals surface area contributed by atoms with Crippen molar-refractivity contribution in [3.8, 4) is 28.4 Å².